The third-order valence-electron chi connectivity index (χ3n) is 4.83. The largest absolute Gasteiger partial charge is 0.508 e. The third-order valence-corrected chi connectivity index (χ3v) is 4.83. The second kappa shape index (κ2) is 8.04. The minimum atomic E-state index is 0. The third kappa shape index (κ3) is 4.06. The van der Waals surface area contributed by atoms with E-state index in [1.165, 1.54) is 43.2 Å². The standard InChI is InChI=1S/C17H25N3O.HI/c18-17(19-10-12-4-3-5-12)20-11-15-14-7-2-1-6-13(14)8-9-16(15)21;/h8-9,12,21H,1-7,10-11H2,(H3,18,19,20);1H. The van der Waals surface area contributed by atoms with Gasteiger partial charge in [0.05, 0.1) is 6.54 Å². The van der Waals surface area contributed by atoms with Crippen molar-refractivity contribution in [3.8, 4) is 5.75 Å². The van der Waals surface area contributed by atoms with E-state index in [1.54, 1.807) is 6.07 Å². The monoisotopic (exact) mass is 415 g/mol. The second-order valence-corrected chi connectivity index (χ2v) is 6.29. The first-order valence-electron chi connectivity index (χ1n) is 8.10. The molecular formula is C17H26IN3O. The first-order valence-corrected chi connectivity index (χ1v) is 8.10. The molecule has 0 bridgehead atoms. The van der Waals surface area contributed by atoms with Crippen molar-refractivity contribution < 1.29 is 5.11 Å². The van der Waals surface area contributed by atoms with Crippen molar-refractivity contribution in [2.75, 3.05) is 6.54 Å². The van der Waals surface area contributed by atoms with E-state index >= 15 is 0 Å². The fourth-order valence-corrected chi connectivity index (χ4v) is 3.23. The number of halogens is 1. The minimum Gasteiger partial charge on any atom is -0.508 e. The van der Waals surface area contributed by atoms with Crippen LogP contribution in [0.5, 0.6) is 5.75 Å². The van der Waals surface area contributed by atoms with Crippen molar-refractivity contribution in [2.45, 2.75) is 51.5 Å². The summed E-state index contributed by atoms with van der Waals surface area (Å²) in [5.41, 5.74) is 9.55. The predicted molar refractivity (Wildman–Crippen MR) is 101 cm³/mol. The number of nitrogens with two attached hydrogens (primary N) is 1. The molecule has 1 fully saturated rings. The Morgan fingerprint density at radius 1 is 1.23 bits per heavy atom. The number of aryl methyl sites for hydroxylation is 1. The van der Waals surface area contributed by atoms with E-state index in [0.29, 0.717) is 18.3 Å². The molecule has 0 atom stereocenters. The number of aliphatic imine (C=N–C) groups is 1. The van der Waals surface area contributed by atoms with Crippen molar-refractivity contribution in [1.82, 2.24) is 5.32 Å². The second-order valence-electron chi connectivity index (χ2n) is 6.29. The zero-order valence-electron chi connectivity index (χ0n) is 13.0. The van der Waals surface area contributed by atoms with Crippen LogP contribution in [0.4, 0.5) is 0 Å². The normalized spacial score (nSPS) is 18.1. The molecule has 122 valence electrons. The van der Waals surface area contributed by atoms with Gasteiger partial charge in [0.25, 0.3) is 0 Å². The molecule has 1 saturated carbocycles. The van der Waals surface area contributed by atoms with Gasteiger partial charge in [-0.2, -0.15) is 0 Å². The van der Waals surface area contributed by atoms with Crippen LogP contribution in [-0.2, 0) is 19.4 Å². The molecule has 5 heteroatoms. The number of fused-ring (bicyclic) bond motifs is 1. The smallest absolute Gasteiger partial charge is 0.188 e. The van der Waals surface area contributed by atoms with Crippen LogP contribution in [0.2, 0.25) is 0 Å². The molecule has 0 heterocycles. The van der Waals surface area contributed by atoms with Gasteiger partial charge in [0, 0.05) is 12.1 Å². The Hall–Kier alpha value is -0.980. The molecule has 0 saturated heterocycles. The molecule has 2 aliphatic carbocycles. The Balaban J connectivity index is 0.00000176. The lowest BCUT2D eigenvalue weighted by Gasteiger charge is -2.25. The maximum atomic E-state index is 10.1. The van der Waals surface area contributed by atoms with Gasteiger partial charge >= 0.3 is 0 Å². The Morgan fingerprint density at radius 3 is 2.73 bits per heavy atom. The summed E-state index contributed by atoms with van der Waals surface area (Å²) in [7, 11) is 0. The van der Waals surface area contributed by atoms with Gasteiger partial charge in [0.2, 0.25) is 0 Å². The van der Waals surface area contributed by atoms with Gasteiger partial charge in [-0.1, -0.05) is 12.5 Å². The predicted octanol–water partition coefficient (Wildman–Crippen LogP) is 3.09. The van der Waals surface area contributed by atoms with Gasteiger partial charge in [-0.05, 0) is 61.6 Å². The van der Waals surface area contributed by atoms with Crippen molar-refractivity contribution in [3.63, 3.8) is 0 Å². The summed E-state index contributed by atoms with van der Waals surface area (Å²) in [6, 6.07) is 3.85. The topological polar surface area (TPSA) is 70.6 Å². The number of hydrogen-bond donors (Lipinski definition) is 3. The first-order chi connectivity index (χ1) is 10.2. The zero-order valence-corrected chi connectivity index (χ0v) is 15.3. The van der Waals surface area contributed by atoms with Crippen LogP contribution in [-0.4, -0.2) is 17.6 Å². The Morgan fingerprint density at radius 2 is 2.00 bits per heavy atom. The van der Waals surface area contributed by atoms with E-state index in [1.807, 2.05) is 0 Å². The van der Waals surface area contributed by atoms with Gasteiger partial charge in [-0.3, -0.25) is 0 Å². The summed E-state index contributed by atoms with van der Waals surface area (Å²) in [6.45, 7) is 1.40. The Bertz CT molecular complexity index is 541. The number of phenolic OH excluding ortho intramolecular Hbond substituents is 1. The van der Waals surface area contributed by atoms with Crippen LogP contribution >= 0.6 is 24.0 Å². The number of nitrogens with one attached hydrogen (secondary N) is 1. The van der Waals surface area contributed by atoms with Gasteiger partial charge in [-0.15, -0.1) is 24.0 Å². The highest BCUT2D eigenvalue weighted by Gasteiger charge is 2.18. The highest BCUT2D eigenvalue weighted by molar-refractivity contribution is 14.0. The van der Waals surface area contributed by atoms with Gasteiger partial charge < -0.3 is 16.2 Å². The van der Waals surface area contributed by atoms with E-state index in [2.05, 4.69) is 16.4 Å². The summed E-state index contributed by atoms with van der Waals surface area (Å²) >= 11 is 0. The highest BCUT2D eigenvalue weighted by atomic mass is 127. The first kappa shape index (κ1) is 17.4. The molecule has 0 radical (unpaired) electrons. The fourth-order valence-electron chi connectivity index (χ4n) is 3.23. The summed E-state index contributed by atoms with van der Waals surface area (Å²) in [4.78, 5) is 4.42. The molecule has 22 heavy (non-hydrogen) atoms. The van der Waals surface area contributed by atoms with Gasteiger partial charge in [-0.25, -0.2) is 4.99 Å². The average Bonchev–Trinajstić information content (AvgIpc) is 2.44. The average molecular weight is 415 g/mol. The lowest BCUT2D eigenvalue weighted by Crippen LogP contribution is -2.37. The van der Waals surface area contributed by atoms with Crippen LogP contribution in [0, 0.1) is 5.92 Å². The van der Waals surface area contributed by atoms with E-state index in [4.69, 9.17) is 5.73 Å². The van der Waals surface area contributed by atoms with E-state index < -0.39 is 0 Å². The molecule has 0 amide bonds. The van der Waals surface area contributed by atoms with Gasteiger partial charge in [0.1, 0.15) is 5.75 Å². The number of benzene rings is 1. The lowest BCUT2D eigenvalue weighted by atomic mass is 9.85. The lowest BCUT2D eigenvalue weighted by molar-refractivity contribution is 0.315. The van der Waals surface area contributed by atoms with Crippen molar-refractivity contribution in [2.24, 2.45) is 16.6 Å². The van der Waals surface area contributed by atoms with Gasteiger partial charge in [0.15, 0.2) is 5.96 Å². The molecule has 0 spiro atoms. The molecule has 0 aliphatic heterocycles. The molecule has 4 nitrogen and oxygen atoms in total. The molecule has 0 aromatic heterocycles. The molecule has 1 aromatic carbocycles. The van der Waals surface area contributed by atoms with Crippen LogP contribution in [0.15, 0.2) is 17.1 Å². The number of phenols is 1. The number of guanidine groups is 1. The van der Waals surface area contributed by atoms with E-state index in [9.17, 15) is 5.11 Å². The van der Waals surface area contributed by atoms with Crippen LogP contribution < -0.4 is 11.1 Å². The van der Waals surface area contributed by atoms with Crippen LogP contribution in [0.25, 0.3) is 0 Å². The van der Waals surface area contributed by atoms with Crippen LogP contribution in [0.3, 0.4) is 0 Å². The molecule has 2 aliphatic rings. The summed E-state index contributed by atoms with van der Waals surface area (Å²) in [5.74, 6) is 1.61. The zero-order chi connectivity index (χ0) is 14.7. The quantitative estimate of drug-likeness (QED) is 0.402. The molecular weight excluding hydrogens is 389 g/mol. The number of nitrogens with zero attached hydrogens (tertiary/aromatic N) is 1. The molecule has 3 rings (SSSR count). The summed E-state index contributed by atoms with van der Waals surface area (Å²) < 4.78 is 0. The van der Waals surface area contributed by atoms with Crippen molar-refractivity contribution in [1.29, 1.82) is 0 Å². The Labute approximate surface area is 149 Å². The van der Waals surface area contributed by atoms with Crippen LogP contribution in [0.1, 0.15) is 48.8 Å². The van der Waals surface area contributed by atoms with Crippen molar-refractivity contribution in [3.05, 3.63) is 28.8 Å². The number of aromatic hydroxyl groups is 1. The molecule has 0 unspecified atom stereocenters. The number of rotatable bonds is 4. The maximum Gasteiger partial charge on any atom is 0.188 e. The number of hydrogen-bond acceptors (Lipinski definition) is 2. The summed E-state index contributed by atoms with van der Waals surface area (Å²) in [6.07, 6.45) is 8.54. The fraction of sp³-hybridized carbons (Fsp3) is 0.588. The van der Waals surface area contributed by atoms with E-state index in [-0.39, 0.29) is 24.0 Å². The molecule has 4 N–H and O–H groups in total. The minimum absolute atomic E-state index is 0. The Kier molecular flexibility index (Phi) is 6.35. The molecule has 1 aromatic rings. The SMILES string of the molecule is I.NC(=NCc1c(O)ccc2c1CCCC2)NCC1CCC1. The summed E-state index contributed by atoms with van der Waals surface area (Å²) in [5, 5.41) is 13.3. The van der Waals surface area contributed by atoms with Crippen molar-refractivity contribution >= 4 is 29.9 Å². The maximum absolute atomic E-state index is 10.1. The van der Waals surface area contributed by atoms with E-state index in [0.717, 1.165) is 30.9 Å². The highest BCUT2D eigenvalue weighted by Crippen LogP contribution is 2.31.